The van der Waals surface area contributed by atoms with E-state index in [2.05, 4.69) is 5.32 Å². The molecule has 1 atom stereocenters. The lowest BCUT2D eigenvalue weighted by molar-refractivity contribution is -0.139. The van der Waals surface area contributed by atoms with Crippen LogP contribution in [-0.4, -0.2) is 25.1 Å². The van der Waals surface area contributed by atoms with Gasteiger partial charge in [-0.2, -0.15) is 5.26 Å². The third-order valence-corrected chi connectivity index (χ3v) is 4.07. The summed E-state index contributed by atoms with van der Waals surface area (Å²) in [4.78, 5) is 0. The Morgan fingerprint density at radius 1 is 1.22 bits per heavy atom. The quantitative estimate of drug-likeness (QED) is 0.807. The topological polar surface area (TPSA) is 63.5 Å². The number of hydrogen-bond donors (Lipinski definition) is 1. The average molecular weight is 374 g/mol. The Morgan fingerprint density at radius 2 is 1.96 bits per heavy atom. The molecule has 0 bridgehead atoms. The van der Waals surface area contributed by atoms with Gasteiger partial charge in [0.25, 0.3) is 0 Å². The van der Waals surface area contributed by atoms with Gasteiger partial charge in [-0.3, -0.25) is 0 Å². The van der Waals surface area contributed by atoms with E-state index < -0.39 is 11.6 Å². The zero-order valence-corrected chi connectivity index (χ0v) is 15.1. The van der Waals surface area contributed by atoms with E-state index in [4.69, 9.17) is 14.2 Å². The van der Waals surface area contributed by atoms with Crippen LogP contribution in [0.1, 0.15) is 25.8 Å². The minimum Gasteiger partial charge on any atom is -0.492 e. The Balaban J connectivity index is 1.70. The molecule has 3 rings (SSSR count). The van der Waals surface area contributed by atoms with Gasteiger partial charge in [-0.05, 0) is 44.2 Å². The Labute approximate surface area is 156 Å². The molecule has 1 fully saturated rings. The molecule has 2 aromatic carbocycles. The first-order valence-corrected chi connectivity index (χ1v) is 8.57. The van der Waals surface area contributed by atoms with Crippen molar-refractivity contribution in [3.8, 4) is 11.8 Å². The van der Waals surface area contributed by atoms with Crippen molar-refractivity contribution in [2.75, 3.05) is 18.5 Å². The van der Waals surface area contributed by atoms with E-state index in [1.807, 2.05) is 19.9 Å². The summed E-state index contributed by atoms with van der Waals surface area (Å²) in [5, 5.41) is 12.4. The fraction of sp³-hybridized carbons (Fsp3) is 0.350. The van der Waals surface area contributed by atoms with Crippen LogP contribution in [0.25, 0.3) is 0 Å². The normalized spacial score (nSPS) is 18.1. The summed E-state index contributed by atoms with van der Waals surface area (Å²) in [5.74, 6) is -1.41. The fourth-order valence-electron chi connectivity index (χ4n) is 2.80. The summed E-state index contributed by atoms with van der Waals surface area (Å²) in [6.45, 7) is 4.38. The van der Waals surface area contributed by atoms with Crippen LogP contribution < -0.4 is 10.1 Å². The van der Waals surface area contributed by atoms with E-state index in [0.717, 1.165) is 0 Å². The number of nitrogens with zero attached hydrogens (tertiary/aromatic N) is 1. The monoisotopic (exact) mass is 374 g/mol. The third kappa shape index (κ3) is 4.94. The van der Waals surface area contributed by atoms with Crippen LogP contribution in [0.2, 0.25) is 0 Å². The maximum Gasteiger partial charge on any atom is 0.163 e. The molecule has 1 aliphatic rings. The van der Waals surface area contributed by atoms with Gasteiger partial charge in [-0.1, -0.05) is 0 Å². The highest BCUT2D eigenvalue weighted by atomic mass is 19.1. The Bertz CT molecular complexity index is 848. The molecule has 0 aromatic heterocycles. The van der Waals surface area contributed by atoms with E-state index in [1.165, 1.54) is 36.4 Å². The Morgan fingerprint density at radius 3 is 2.59 bits per heavy atom. The van der Waals surface area contributed by atoms with Gasteiger partial charge < -0.3 is 19.5 Å². The van der Waals surface area contributed by atoms with Crippen LogP contribution >= 0.6 is 0 Å². The second-order valence-corrected chi connectivity index (χ2v) is 6.66. The predicted octanol–water partition coefficient (Wildman–Crippen LogP) is 4.50. The van der Waals surface area contributed by atoms with Crippen molar-refractivity contribution in [3.05, 3.63) is 53.6 Å². The number of halogens is 2. The number of rotatable bonds is 6. The lowest BCUT2D eigenvalue weighted by atomic mass is 10.1. The zero-order chi connectivity index (χ0) is 19.4. The van der Waals surface area contributed by atoms with Gasteiger partial charge in [0.1, 0.15) is 29.0 Å². The summed E-state index contributed by atoms with van der Waals surface area (Å²) in [5.41, 5.74) is 0.952. The van der Waals surface area contributed by atoms with Crippen molar-refractivity contribution < 1.29 is 23.0 Å². The van der Waals surface area contributed by atoms with E-state index in [9.17, 15) is 14.0 Å². The second kappa shape index (κ2) is 7.91. The molecule has 0 unspecified atom stereocenters. The van der Waals surface area contributed by atoms with Crippen molar-refractivity contribution in [1.29, 1.82) is 5.26 Å². The Hall–Kier alpha value is -2.69. The smallest absolute Gasteiger partial charge is 0.163 e. The van der Waals surface area contributed by atoms with Gasteiger partial charge in [-0.15, -0.1) is 0 Å². The van der Waals surface area contributed by atoms with E-state index >= 15 is 0 Å². The first-order chi connectivity index (χ1) is 12.9. The molecule has 1 saturated heterocycles. The number of nitrogens with one attached hydrogen (secondary N) is 1. The molecule has 7 heteroatoms. The van der Waals surface area contributed by atoms with Crippen LogP contribution in [0.15, 0.2) is 36.4 Å². The summed E-state index contributed by atoms with van der Waals surface area (Å²) in [6.07, 6.45) is 0.432. The molecule has 0 saturated carbocycles. The highest BCUT2D eigenvalue weighted by molar-refractivity contribution is 5.70. The molecule has 0 amide bonds. The van der Waals surface area contributed by atoms with E-state index in [1.54, 1.807) is 0 Å². The van der Waals surface area contributed by atoms with Gasteiger partial charge in [0, 0.05) is 18.2 Å². The van der Waals surface area contributed by atoms with Crippen molar-refractivity contribution in [2.24, 2.45) is 0 Å². The van der Waals surface area contributed by atoms with E-state index in [0.29, 0.717) is 18.7 Å². The molecule has 0 spiro atoms. The first-order valence-electron chi connectivity index (χ1n) is 8.57. The molecular formula is C20H20F2N2O3. The lowest BCUT2D eigenvalue weighted by Gasteiger charge is -2.17. The summed E-state index contributed by atoms with van der Waals surface area (Å²) >= 11 is 0. The first kappa shape index (κ1) is 19.1. The number of benzene rings is 2. The molecule has 142 valence electrons. The van der Waals surface area contributed by atoms with E-state index in [-0.39, 0.29) is 35.5 Å². The Kier molecular flexibility index (Phi) is 5.59. The number of anilines is 2. The summed E-state index contributed by atoms with van der Waals surface area (Å²) in [7, 11) is 0. The van der Waals surface area contributed by atoms with Crippen molar-refractivity contribution in [1.82, 2.24) is 0 Å². The van der Waals surface area contributed by atoms with Gasteiger partial charge in [0.15, 0.2) is 5.79 Å². The predicted molar refractivity (Wildman–Crippen MR) is 95.8 cm³/mol. The summed E-state index contributed by atoms with van der Waals surface area (Å²) in [6, 6.07) is 9.95. The molecule has 1 N–H and O–H groups in total. The molecule has 0 aliphatic carbocycles. The van der Waals surface area contributed by atoms with Crippen LogP contribution in [0.5, 0.6) is 5.75 Å². The molecule has 0 radical (unpaired) electrons. The summed E-state index contributed by atoms with van der Waals surface area (Å²) < 4.78 is 43.9. The van der Waals surface area contributed by atoms with Crippen LogP contribution in [0.3, 0.4) is 0 Å². The van der Waals surface area contributed by atoms with Gasteiger partial charge >= 0.3 is 0 Å². The molecule has 1 aliphatic heterocycles. The molecular weight excluding hydrogens is 354 g/mol. The van der Waals surface area contributed by atoms with Crippen molar-refractivity contribution in [2.45, 2.75) is 32.2 Å². The van der Waals surface area contributed by atoms with Crippen LogP contribution in [-0.2, 0) is 9.47 Å². The maximum atomic E-state index is 14.0. The SMILES string of the molecule is CC1(C)OC[C@@H](CCOc2cc(F)cc(Nc3ccc(F)cc3)c2C#N)O1. The van der Waals surface area contributed by atoms with Gasteiger partial charge in [0.05, 0.1) is 25.0 Å². The zero-order valence-electron chi connectivity index (χ0n) is 15.1. The number of ether oxygens (including phenoxy) is 3. The number of nitriles is 1. The van der Waals surface area contributed by atoms with Gasteiger partial charge in [-0.25, -0.2) is 8.78 Å². The largest absolute Gasteiger partial charge is 0.492 e. The highest BCUT2D eigenvalue weighted by Gasteiger charge is 2.32. The second-order valence-electron chi connectivity index (χ2n) is 6.66. The van der Waals surface area contributed by atoms with Gasteiger partial charge in [0.2, 0.25) is 0 Å². The standard InChI is InChI=1S/C20H20F2N2O3/c1-20(2)26-12-16(27-20)7-8-25-19-10-14(22)9-18(17(19)11-23)24-15-5-3-13(21)4-6-15/h3-6,9-10,16,24H,7-8,12H2,1-2H3/t16-/m1/s1. The lowest BCUT2D eigenvalue weighted by Crippen LogP contribution is -2.22. The molecule has 27 heavy (non-hydrogen) atoms. The fourth-order valence-corrected chi connectivity index (χ4v) is 2.80. The molecule has 2 aromatic rings. The highest BCUT2D eigenvalue weighted by Crippen LogP contribution is 2.31. The van der Waals surface area contributed by atoms with Crippen LogP contribution in [0, 0.1) is 23.0 Å². The number of hydrogen-bond acceptors (Lipinski definition) is 5. The van der Waals surface area contributed by atoms with Crippen molar-refractivity contribution >= 4 is 11.4 Å². The molecule has 5 nitrogen and oxygen atoms in total. The minimum atomic E-state index is -0.617. The molecule has 1 heterocycles. The maximum absolute atomic E-state index is 14.0. The van der Waals surface area contributed by atoms with Crippen molar-refractivity contribution in [3.63, 3.8) is 0 Å². The third-order valence-electron chi connectivity index (χ3n) is 4.07. The minimum absolute atomic E-state index is 0.115. The average Bonchev–Trinajstić information content (AvgIpc) is 2.96. The van der Waals surface area contributed by atoms with Crippen LogP contribution in [0.4, 0.5) is 20.2 Å².